The van der Waals surface area contributed by atoms with Crippen molar-refractivity contribution < 1.29 is 18.8 Å². The van der Waals surface area contributed by atoms with Crippen molar-refractivity contribution in [1.82, 2.24) is 4.98 Å². The van der Waals surface area contributed by atoms with Gasteiger partial charge in [-0.3, -0.25) is 0 Å². The molecular formula is C20H26BNO4. The Hall–Kier alpha value is -2.05. The number of aryl methyl sites for hydroxylation is 1. The van der Waals surface area contributed by atoms with Gasteiger partial charge >= 0.3 is 7.12 Å². The molecule has 0 bridgehead atoms. The molecule has 3 rings (SSSR count). The van der Waals surface area contributed by atoms with Gasteiger partial charge in [-0.25, -0.2) is 4.98 Å². The first-order chi connectivity index (χ1) is 12.2. The van der Waals surface area contributed by atoms with E-state index in [4.69, 9.17) is 18.8 Å². The first-order valence-electron chi connectivity index (χ1n) is 8.80. The third-order valence-electron chi connectivity index (χ3n) is 5.10. The molecule has 1 saturated heterocycles. The summed E-state index contributed by atoms with van der Waals surface area (Å²) in [6.45, 7) is 10.6. The molecule has 6 heteroatoms. The molecular weight excluding hydrogens is 329 g/mol. The van der Waals surface area contributed by atoms with Gasteiger partial charge in [-0.1, -0.05) is 17.7 Å². The average Bonchev–Trinajstić information content (AvgIpc) is 2.81. The van der Waals surface area contributed by atoms with E-state index in [1.165, 1.54) is 0 Å². The fraction of sp³-hybridized carbons (Fsp3) is 0.450. The zero-order valence-corrected chi connectivity index (χ0v) is 16.3. The minimum atomic E-state index is -0.467. The average molecular weight is 355 g/mol. The summed E-state index contributed by atoms with van der Waals surface area (Å²) in [5.41, 5.74) is 2.11. The van der Waals surface area contributed by atoms with E-state index in [1.54, 1.807) is 13.3 Å². The molecule has 138 valence electrons. The molecule has 1 aliphatic heterocycles. The van der Waals surface area contributed by atoms with Crippen molar-refractivity contribution in [3.63, 3.8) is 0 Å². The first-order valence-corrected chi connectivity index (χ1v) is 8.80. The SMILES string of the molecule is COc1ncccc1COc1ccc(C)cc1B1OC(C)(C)C(C)(C)O1. The van der Waals surface area contributed by atoms with Crippen LogP contribution in [0, 0.1) is 6.92 Å². The summed E-state index contributed by atoms with van der Waals surface area (Å²) in [6.07, 6.45) is 1.70. The van der Waals surface area contributed by atoms with E-state index in [1.807, 2.05) is 58.9 Å². The molecule has 0 amide bonds. The number of methoxy groups -OCH3 is 1. The van der Waals surface area contributed by atoms with E-state index in [0.717, 1.165) is 22.3 Å². The second-order valence-corrected chi connectivity index (χ2v) is 7.59. The molecule has 0 radical (unpaired) electrons. The fourth-order valence-electron chi connectivity index (χ4n) is 2.83. The Labute approximate surface area is 155 Å². The molecule has 0 saturated carbocycles. The van der Waals surface area contributed by atoms with Gasteiger partial charge in [-0.05, 0) is 52.8 Å². The predicted molar refractivity (Wildman–Crippen MR) is 102 cm³/mol. The zero-order chi connectivity index (χ0) is 18.9. The van der Waals surface area contributed by atoms with E-state index in [0.29, 0.717) is 12.5 Å². The zero-order valence-electron chi connectivity index (χ0n) is 16.3. The van der Waals surface area contributed by atoms with Gasteiger partial charge in [-0.15, -0.1) is 0 Å². The number of aromatic nitrogens is 1. The Morgan fingerprint density at radius 3 is 2.42 bits per heavy atom. The van der Waals surface area contributed by atoms with Crippen LogP contribution < -0.4 is 14.9 Å². The van der Waals surface area contributed by atoms with Crippen LogP contribution in [0.3, 0.4) is 0 Å². The minimum Gasteiger partial charge on any atom is -0.489 e. The molecule has 5 nitrogen and oxygen atoms in total. The van der Waals surface area contributed by atoms with E-state index < -0.39 is 18.3 Å². The Bertz CT molecular complexity index is 775. The summed E-state index contributed by atoms with van der Waals surface area (Å²) in [4.78, 5) is 4.21. The maximum atomic E-state index is 6.20. The summed E-state index contributed by atoms with van der Waals surface area (Å²) < 4.78 is 23.8. The molecule has 1 aromatic carbocycles. The lowest BCUT2D eigenvalue weighted by Crippen LogP contribution is -2.41. The summed E-state index contributed by atoms with van der Waals surface area (Å²) in [5.74, 6) is 1.30. The van der Waals surface area contributed by atoms with Gasteiger partial charge in [0.2, 0.25) is 5.88 Å². The summed E-state index contributed by atoms with van der Waals surface area (Å²) >= 11 is 0. The van der Waals surface area contributed by atoms with Crippen LogP contribution in [0.15, 0.2) is 36.5 Å². The van der Waals surface area contributed by atoms with Crippen LogP contribution in [-0.2, 0) is 15.9 Å². The molecule has 0 unspecified atom stereocenters. The predicted octanol–water partition coefficient (Wildman–Crippen LogP) is 3.28. The van der Waals surface area contributed by atoms with Crippen molar-refractivity contribution in [2.45, 2.75) is 52.4 Å². The maximum absolute atomic E-state index is 6.20. The number of hydrogen-bond acceptors (Lipinski definition) is 5. The van der Waals surface area contributed by atoms with E-state index >= 15 is 0 Å². The number of hydrogen-bond donors (Lipinski definition) is 0. The quantitative estimate of drug-likeness (QED) is 0.771. The van der Waals surface area contributed by atoms with Crippen molar-refractivity contribution in [2.24, 2.45) is 0 Å². The van der Waals surface area contributed by atoms with Gasteiger partial charge in [0, 0.05) is 11.7 Å². The molecule has 0 atom stereocenters. The lowest BCUT2D eigenvalue weighted by Gasteiger charge is -2.32. The molecule has 2 heterocycles. The Morgan fingerprint density at radius 1 is 1.08 bits per heavy atom. The van der Waals surface area contributed by atoms with E-state index in [2.05, 4.69) is 11.1 Å². The highest BCUT2D eigenvalue weighted by molar-refractivity contribution is 6.63. The fourth-order valence-corrected chi connectivity index (χ4v) is 2.83. The number of ether oxygens (including phenoxy) is 2. The van der Waals surface area contributed by atoms with Crippen LogP contribution in [0.5, 0.6) is 11.6 Å². The normalized spacial score (nSPS) is 18.0. The topological polar surface area (TPSA) is 49.8 Å². The molecule has 0 aliphatic carbocycles. The number of benzene rings is 1. The molecule has 26 heavy (non-hydrogen) atoms. The highest BCUT2D eigenvalue weighted by atomic mass is 16.7. The van der Waals surface area contributed by atoms with Gasteiger partial charge in [-0.2, -0.15) is 0 Å². The van der Waals surface area contributed by atoms with Crippen molar-refractivity contribution in [3.8, 4) is 11.6 Å². The largest absolute Gasteiger partial charge is 0.498 e. The van der Waals surface area contributed by atoms with Crippen LogP contribution in [-0.4, -0.2) is 30.4 Å². The third-order valence-corrected chi connectivity index (χ3v) is 5.10. The van der Waals surface area contributed by atoms with Crippen LogP contribution in [0.2, 0.25) is 0 Å². The van der Waals surface area contributed by atoms with Crippen LogP contribution in [0.4, 0.5) is 0 Å². The van der Waals surface area contributed by atoms with Gasteiger partial charge in [0.15, 0.2) is 0 Å². The van der Waals surface area contributed by atoms with Crippen molar-refractivity contribution in [1.29, 1.82) is 0 Å². The van der Waals surface area contributed by atoms with Crippen LogP contribution >= 0.6 is 0 Å². The molecule has 0 N–H and O–H groups in total. The second-order valence-electron chi connectivity index (χ2n) is 7.59. The number of rotatable bonds is 5. The molecule has 1 aromatic heterocycles. The lowest BCUT2D eigenvalue weighted by atomic mass is 9.77. The van der Waals surface area contributed by atoms with Gasteiger partial charge in [0.05, 0.1) is 23.9 Å². The first kappa shape index (κ1) is 18.7. The standard InChI is InChI=1S/C20H26BNO4/c1-14-9-10-17(24-13-15-8-7-11-22-18(15)23-6)16(12-14)21-25-19(2,3)20(4,5)26-21/h7-12H,13H2,1-6H3. The highest BCUT2D eigenvalue weighted by Gasteiger charge is 2.52. The van der Waals surface area contributed by atoms with Gasteiger partial charge in [0.1, 0.15) is 12.4 Å². The van der Waals surface area contributed by atoms with Gasteiger partial charge in [0.25, 0.3) is 0 Å². The Morgan fingerprint density at radius 2 is 1.77 bits per heavy atom. The van der Waals surface area contributed by atoms with Crippen molar-refractivity contribution >= 4 is 12.6 Å². The van der Waals surface area contributed by atoms with Crippen molar-refractivity contribution in [2.75, 3.05) is 7.11 Å². The van der Waals surface area contributed by atoms with E-state index in [-0.39, 0.29) is 0 Å². The minimum absolute atomic E-state index is 0.354. The third kappa shape index (κ3) is 3.57. The van der Waals surface area contributed by atoms with Crippen LogP contribution in [0.1, 0.15) is 38.8 Å². The Balaban J connectivity index is 1.85. The Kier molecular flexibility index (Phi) is 4.99. The van der Waals surface area contributed by atoms with Gasteiger partial charge < -0.3 is 18.8 Å². The number of pyridine rings is 1. The van der Waals surface area contributed by atoms with E-state index in [9.17, 15) is 0 Å². The van der Waals surface area contributed by atoms with Crippen LogP contribution in [0.25, 0.3) is 0 Å². The summed E-state index contributed by atoms with van der Waals surface area (Å²) in [6, 6.07) is 9.83. The second kappa shape index (κ2) is 6.93. The molecule has 0 spiro atoms. The summed E-state index contributed by atoms with van der Waals surface area (Å²) in [5, 5.41) is 0. The molecule has 1 fully saturated rings. The van der Waals surface area contributed by atoms with Crippen molar-refractivity contribution in [3.05, 3.63) is 47.7 Å². The highest BCUT2D eigenvalue weighted by Crippen LogP contribution is 2.37. The molecule has 2 aromatic rings. The number of nitrogens with zero attached hydrogens (tertiary/aromatic N) is 1. The smallest absolute Gasteiger partial charge is 0.489 e. The molecule has 1 aliphatic rings. The summed E-state index contributed by atoms with van der Waals surface area (Å²) in [7, 11) is 1.14. The maximum Gasteiger partial charge on any atom is 0.498 e. The lowest BCUT2D eigenvalue weighted by molar-refractivity contribution is 0.00578. The monoisotopic (exact) mass is 355 g/mol.